The topological polar surface area (TPSA) is 24.9 Å². The van der Waals surface area contributed by atoms with E-state index in [-0.39, 0.29) is 6.04 Å². The van der Waals surface area contributed by atoms with Crippen LogP contribution in [0.5, 0.6) is 0 Å². The van der Waals surface area contributed by atoms with E-state index in [1.54, 1.807) is 17.4 Å². The summed E-state index contributed by atoms with van der Waals surface area (Å²) < 4.78 is 0. The largest absolute Gasteiger partial charge is 0.311 e. The summed E-state index contributed by atoms with van der Waals surface area (Å²) in [6, 6.07) is 5.88. The maximum atomic E-state index is 6.21. The first-order valence-electron chi connectivity index (χ1n) is 5.64. The lowest BCUT2D eigenvalue weighted by molar-refractivity contribution is 0.578. The molecule has 2 aromatic rings. The molecule has 2 nitrogen and oxygen atoms in total. The third-order valence-electron chi connectivity index (χ3n) is 2.80. The van der Waals surface area contributed by atoms with Crippen LogP contribution >= 0.6 is 34.5 Å². The molecule has 1 atom stereocenters. The van der Waals surface area contributed by atoms with Crippen LogP contribution in [0, 0.1) is 6.92 Å². The molecule has 0 spiro atoms. The van der Waals surface area contributed by atoms with Gasteiger partial charge < -0.3 is 5.32 Å². The van der Waals surface area contributed by atoms with Crippen molar-refractivity contribution < 1.29 is 0 Å². The Kier molecular flexibility index (Phi) is 4.62. The average molecular weight is 301 g/mol. The number of aromatic nitrogens is 1. The van der Waals surface area contributed by atoms with Gasteiger partial charge >= 0.3 is 0 Å². The van der Waals surface area contributed by atoms with Gasteiger partial charge in [0.25, 0.3) is 0 Å². The number of benzene rings is 1. The van der Waals surface area contributed by atoms with Gasteiger partial charge in [-0.1, -0.05) is 35.3 Å². The molecule has 0 radical (unpaired) electrons. The molecule has 18 heavy (non-hydrogen) atoms. The van der Waals surface area contributed by atoms with Crippen LogP contribution in [0.2, 0.25) is 10.0 Å². The number of nitrogens with zero attached hydrogens (tertiary/aromatic N) is 1. The summed E-state index contributed by atoms with van der Waals surface area (Å²) in [4.78, 5) is 4.51. The van der Waals surface area contributed by atoms with Gasteiger partial charge in [0.2, 0.25) is 0 Å². The number of likely N-dealkylation sites (N-methyl/N-ethyl adjacent to an activating group) is 1. The summed E-state index contributed by atoms with van der Waals surface area (Å²) >= 11 is 13.9. The third kappa shape index (κ3) is 3.04. The van der Waals surface area contributed by atoms with Crippen LogP contribution < -0.4 is 5.32 Å². The quantitative estimate of drug-likeness (QED) is 0.912. The van der Waals surface area contributed by atoms with Gasteiger partial charge in [0, 0.05) is 5.38 Å². The van der Waals surface area contributed by atoms with Crippen molar-refractivity contribution in [3.63, 3.8) is 0 Å². The number of rotatable bonds is 4. The van der Waals surface area contributed by atoms with Crippen LogP contribution in [-0.4, -0.2) is 12.0 Å². The molecule has 1 aromatic carbocycles. The van der Waals surface area contributed by atoms with Crippen LogP contribution in [-0.2, 0) is 6.42 Å². The Labute approximate surface area is 121 Å². The van der Waals surface area contributed by atoms with Gasteiger partial charge in [-0.2, -0.15) is 0 Å². The van der Waals surface area contributed by atoms with Crippen LogP contribution in [0.1, 0.15) is 22.3 Å². The van der Waals surface area contributed by atoms with Gasteiger partial charge in [-0.25, -0.2) is 4.98 Å². The fourth-order valence-electron chi connectivity index (χ4n) is 1.82. The zero-order valence-corrected chi connectivity index (χ0v) is 12.5. The molecule has 0 bridgehead atoms. The van der Waals surface area contributed by atoms with Crippen molar-refractivity contribution >= 4 is 34.5 Å². The van der Waals surface area contributed by atoms with Crippen molar-refractivity contribution in [2.75, 3.05) is 7.05 Å². The molecule has 0 aliphatic carbocycles. The molecule has 0 amide bonds. The van der Waals surface area contributed by atoms with Crippen molar-refractivity contribution in [1.29, 1.82) is 0 Å². The van der Waals surface area contributed by atoms with E-state index in [1.165, 1.54) is 0 Å². The second-order valence-corrected chi connectivity index (χ2v) is 5.90. The zero-order chi connectivity index (χ0) is 13.1. The Balaban J connectivity index is 2.23. The minimum atomic E-state index is 0.158. The molecule has 1 unspecified atom stereocenters. The SMILES string of the molecule is CNC(Cc1cccc(Cl)c1Cl)c1csc(C)n1. The van der Waals surface area contributed by atoms with Gasteiger partial charge in [-0.3, -0.25) is 0 Å². The number of hydrogen-bond acceptors (Lipinski definition) is 3. The lowest BCUT2D eigenvalue weighted by Crippen LogP contribution is -2.19. The van der Waals surface area contributed by atoms with E-state index in [4.69, 9.17) is 23.2 Å². The average Bonchev–Trinajstić information content (AvgIpc) is 2.78. The van der Waals surface area contributed by atoms with Crippen molar-refractivity contribution in [2.45, 2.75) is 19.4 Å². The van der Waals surface area contributed by atoms with E-state index in [9.17, 15) is 0 Å². The molecule has 1 N–H and O–H groups in total. The highest BCUT2D eigenvalue weighted by Gasteiger charge is 2.15. The summed E-state index contributed by atoms with van der Waals surface area (Å²) in [5.74, 6) is 0. The lowest BCUT2D eigenvalue weighted by Gasteiger charge is -2.15. The van der Waals surface area contributed by atoms with Gasteiger partial charge in [0.1, 0.15) is 0 Å². The minimum Gasteiger partial charge on any atom is -0.311 e. The lowest BCUT2D eigenvalue weighted by atomic mass is 10.0. The number of hydrogen-bond donors (Lipinski definition) is 1. The highest BCUT2D eigenvalue weighted by molar-refractivity contribution is 7.09. The summed E-state index contributed by atoms with van der Waals surface area (Å²) in [6.07, 6.45) is 0.777. The number of aryl methyl sites for hydroxylation is 1. The monoisotopic (exact) mass is 300 g/mol. The number of nitrogens with one attached hydrogen (secondary N) is 1. The molecule has 0 saturated carbocycles. The van der Waals surface area contributed by atoms with Gasteiger partial charge in [-0.15, -0.1) is 11.3 Å². The molecule has 2 rings (SSSR count). The molecule has 0 fully saturated rings. The Morgan fingerprint density at radius 2 is 2.17 bits per heavy atom. The molecule has 0 saturated heterocycles. The van der Waals surface area contributed by atoms with Gasteiger partial charge in [0.05, 0.1) is 26.8 Å². The van der Waals surface area contributed by atoms with Crippen molar-refractivity contribution in [1.82, 2.24) is 10.3 Å². The molecule has 5 heteroatoms. The minimum absolute atomic E-state index is 0.158. The second-order valence-electron chi connectivity index (χ2n) is 4.05. The van der Waals surface area contributed by atoms with E-state index < -0.39 is 0 Å². The third-order valence-corrected chi connectivity index (χ3v) is 4.45. The standard InChI is InChI=1S/C13H14Cl2N2S/c1-8-17-12(7-18-8)11(16-2)6-9-4-3-5-10(14)13(9)15/h3-5,7,11,16H,6H2,1-2H3. The first-order valence-corrected chi connectivity index (χ1v) is 7.27. The molecule has 96 valence electrons. The fourth-order valence-corrected chi connectivity index (χ4v) is 2.88. The van der Waals surface area contributed by atoms with Crippen LogP contribution in [0.4, 0.5) is 0 Å². The summed E-state index contributed by atoms with van der Waals surface area (Å²) in [7, 11) is 1.93. The fraction of sp³-hybridized carbons (Fsp3) is 0.308. The summed E-state index contributed by atoms with van der Waals surface area (Å²) in [5.41, 5.74) is 2.09. The van der Waals surface area contributed by atoms with Crippen molar-refractivity contribution in [3.8, 4) is 0 Å². The Bertz CT molecular complexity index is 540. The predicted molar refractivity (Wildman–Crippen MR) is 78.8 cm³/mol. The zero-order valence-electron chi connectivity index (χ0n) is 10.2. The van der Waals surface area contributed by atoms with Crippen molar-refractivity contribution in [2.24, 2.45) is 0 Å². The highest BCUT2D eigenvalue weighted by atomic mass is 35.5. The Hall–Kier alpha value is -0.610. The maximum Gasteiger partial charge on any atom is 0.0898 e. The first kappa shape index (κ1) is 13.8. The summed E-state index contributed by atoms with van der Waals surface area (Å²) in [5, 5.41) is 7.65. The van der Waals surface area contributed by atoms with Gasteiger partial charge in [-0.05, 0) is 32.0 Å². The predicted octanol–water partition coefficient (Wildman–Crippen LogP) is 4.26. The highest BCUT2D eigenvalue weighted by Crippen LogP contribution is 2.29. The van der Waals surface area contributed by atoms with Crippen LogP contribution in [0.15, 0.2) is 23.6 Å². The van der Waals surface area contributed by atoms with E-state index in [2.05, 4.69) is 15.7 Å². The molecule has 1 aromatic heterocycles. The second kappa shape index (κ2) is 6.02. The molecular formula is C13H14Cl2N2S. The molecule has 0 aliphatic rings. The van der Waals surface area contributed by atoms with E-state index in [0.29, 0.717) is 10.0 Å². The molecule has 1 heterocycles. The number of thiazole rings is 1. The normalized spacial score (nSPS) is 12.7. The first-order chi connectivity index (χ1) is 8.61. The Morgan fingerprint density at radius 3 is 2.78 bits per heavy atom. The Morgan fingerprint density at radius 1 is 1.39 bits per heavy atom. The summed E-state index contributed by atoms with van der Waals surface area (Å²) in [6.45, 7) is 2.01. The van der Waals surface area contributed by atoms with E-state index >= 15 is 0 Å². The molecule has 0 aliphatic heterocycles. The van der Waals surface area contributed by atoms with Crippen molar-refractivity contribution in [3.05, 3.63) is 49.9 Å². The molecular weight excluding hydrogens is 287 g/mol. The van der Waals surface area contributed by atoms with E-state index in [0.717, 1.165) is 22.7 Å². The maximum absolute atomic E-state index is 6.21. The smallest absolute Gasteiger partial charge is 0.0898 e. The van der Waals surface area contributed by atoms with Crippen LogP contribution in [0.3, 0.4) is 0 Å². The van der Waals surface area contributed by atoms with Gasteiger partial charge in [0.15, 0.2) is 0 Å². The van der Waals surface area contributed by atoms with E-state index in [1.807, 2.05) is 26.1 Å². The van der Waals surface area contributed by atoms with Crippen LogP contribution in [0.25, 0.3) is 0 Å². The number of halogens is 2.